The summed E-state index contributed by atoms with van der Waals surface area (Å²) in [5.41, 5.74) is 2.77. The SMILES string of the molecule is CCOc1ccc2nc(NC(=O)C3=NN(c4cccc(C)c4)C(=O)CC3)sc2c1. The van der Waals surface area contributed by atoms with Gasteiger partial charge in [0.05, 0.1) is 22.5 Å². The summed E-state index contributed by atoms with van der Waals surface area (Å²) >= 11 is 1.37. The number of hydrazone groups is 1. The first-order valence-corrected chi connectivity index (χ1v) is 10.2. The number of hydrogen-bond donors (Lipinski definition) is 1. The van der Waals surface area contributed by atoms with Crippen LogP contribution in [-0.2, 0) is 9.59 Å². The van der Waals surface area contributed by atoms with Gasteiger partial charge in [0.15, 0.2) is 5.13 Å². The third kappa shape index (κ3) is 4.12. The zero-order chi connectivity index (χ0) is 20.4. The largest absolute Gasteiger partial charge is 0.494 e. The molecule has 0 bridgehead atoms. The zero-order valence-electron chi connectivity index (χ0n) is 16.1. The van der Waals surface area contributed by atoms with Crippen molar-refractivity contribution in [3.63, 3.8) is 0 Å². The monoisotopic (exact) mass is 408 g/mol. The second-order valence-corrected chi connectivity index (χ2v) is 7.66. The van der Waals surface area contributed by atoms with Crippen molar-refractivity contribution in [3.05, 3.63) is 48.0 Å². The van der Waals surface area contributed by atoms with Gasteiger partial charge in [-0.1, -0.05) is 23.5 Å². The molecule has 0 aliphatic carbocycles. The first kappa shape index (κ1) is 19.1. The Morgan fingerprint density at radius 2 is 2.10 bits per heavy atom. The lowest BCUT2D eigenvalue weighted by atomic mass is 10.1. The minimum Gasteiger partial charge on any atom is -0.494 e. The maximum atomic E-state index is 12.7. The molecule has 0 fully saturated rings. The molecule has 0 spiro atoms. The van der Waals surface area contributed by atoms with E-state index in [1.165, 1.54) is 16.3 Å². The van der Waals surface area contributed by atoms with Gasteiger partial charge in [0, 0.05) is 12.8 Å². The van der Waals surface area contributed by atoms with E-state index in [0.717, 1.165) is 21.5 Å². The van der Waals surface area contributed by atoms with Gasteiger partial charge in [-0.25, -0.2) is 9.99 Å². The summed E-state index contributed by atoms with van der Waals surface area (Å²) in [6, 6.07) is 13.1. The number of carbonyl (C=O) groups is 2. The molecular weight excluding hydrogens is 388 g/mol. The van der Waals surface area contributed by atoms with Gasteiger partial charge in [0.1, 0.15) is 11.5 Å². The molecular formula is C21H20N4O3S. The van der Waals surface area contributed by atoms with Crippen LogP contribution < -0.4 is 15.1 Å². The van der Waals surface area contributed by atoms with Gasteiger partial charge in [0.2, 0.25) is 5.91 Å². The molecule has 7 nitrogen and oxygen atoms in total. The van der Waals surface area contributed by atoms with Crippen LogP contribution in [0.1, 0.15) is 25.3 Å². The van der Waals surface area contributed by atoms with E-state index in [4.69, 9.17) is 4.74 Å². The van der Waals surface area contributed by atoms with E-state index in [9.17, 15) is 9.59 Å². The van der Waals surface area contributed by atoms with Crippen LogP contribution in [0.4, 0.5) is 10.8 Å². The van der Waals surface area contributed by atoms with Crippen molar-refractivity contribution in [2.75, 3.05) is 16.9 Å². The Morgan fingerprint density at radius 1 is 1.24 bits per heavy atom. The van der Waals surface area contributed by atoms with Crippen LogP contribution in [-0.4, -0.2) is 29.1 Å². The van der Waals surface area contributed by atoms with Gasteiger partial charge in [-0.15, -0.1) is 0 Å². The van der Waals surface area contributed by atoms with Gasteiger partial charge in [-0.3, -0.25) is 14.9 Å². The fraction of sp³-hybridized carbons (Fsp3) is 0.238. The zero-order valence-corrected chi connectivity index (χ0v) is 17.0. The summed E-state index contributed by atoms with van der Waals surface area (Å²) in [6.07, 6.45) is 0.532. The molecule has 8 heteroatoms. The number of rotatable bonds is 5. The van der Waals surface area contributed by atoms with E-state index in [2.05, 4.69) is 15.4 Å². The Hall–Kier alpha value is -3.26. The number of amides is 2. The Balaban J connectivity index is 1.55. The summed E-state index contributed by atoms with van der Waals surface area (Å²) in [5.74, 6) is 0.292. The number of benzene rings is 2. The Labute approximate surface area is 172 Å². The first-order chi connectivity index (χ1) is 14.0. The van der Waals surface area contributed by atoms with Crippen LogP contribution in [0.3, 0.4) is 0 Å². The molecule has 1 N–H and O–H groups in total. The number of anilines is 2. The van der Waals surface area contributed by atoms with E-state index < -0.39 is 0 Å². The van der Waals surface area contributed by atoms with Crippen LogP contribution in [0.25, 0.3) is 10.2 Å². The Bertz CT molecular complexity index is 1120. The number of aromatic nitrogens is 1. The molecule has 3 aromatic rings. The van der Waals surface area contributed by atoms with Crippen LogP contribution in [0, 0.1) is 6.92 Å². The molecule has 0 atom stereocenters. The molecule has 29 heavy (non-hydrogen) atoms. The number of fused-ring (bicyclic) bond motifs is 1. The Morgan fingerprint density at radius 3 is 2.90 bits per heavy atom. The van der Waals surface area contributed by atoms with E-state index in [0.29, 0.717) is 29.6 Å². The smallest absolute Gasteiger partial charge is 0.273 e. The topological polar surface area (TPSA) is 83.9 Å². The number of aryl methyl sites for hydroxylation is 1. The number of carbonyl (C=O) groups excluding carboxylic acids is 2. The van der Waals surface area contributed by atoms with Gasteiger partial charge < -0.3 is 4.74 Å². The minimum atomic E-state index is -0.348. The average molecular weight is 408 g/mol. The van der Waals surface area contributed by atoms with E-state index >= 15 is 0 Å². The van der Waals surface area contributed by atoms with Crippen molar-refractivity contribution in [3.8, 4) is 5.75 Å². The molecule has 148 valence electrons. The fourth-order valence-electron chi connectivity index (χ4n) is 3.06. The molecule has 0 saturated heterocycles. The number of thiazole rings is 1. The molecule has 2 heterocycles. The lowest BCUT2D eigenvalue weighted by Crippen LogP contribution is -2.36. The highest BCUT2D eigenvalue weighted by Crippen LogP contribution is 2.29. The van der Waals surface area contributed by atoms with Crippen molar-refractivity contribution in [2.45, 2.75) is 26.7 Å². The third-order valence-corrected chi connectivity index (χ3v) is 5.37. The molecule has 0 unspecified atom stereocenters. The summed E-state index contributed by atoms with van der Waals surface area (Å²) in [5, 5.41) is 8.91. The van der Waals surface area contributed by atoms with E-state index in [1.54, 1.807) is 6.07 Å². The first-order valence-electron chi connectivity index (χ1n) is 9.35. The van der Waals surface area contributed by atoms with Gasteiger partial charge >= 0.3 is 0 Å². The summed E-state index contributed by atoms with van der Waals surface area (Å²) in [7, 11) is 0. The third-order valence-electron chi connectivity index (χ3n) is 4.43. The second kappa shape index (κ2) is 8.00. The molecule has 2 amide bonds. The molecule has 1 aliphatic rings. The molecule has 2 aromatic carbocycles. The highest BCUT2D eigenvalue weighted by atomic mass is 32.1. The maximum Gasteiger partial charge on any atom is 0.273 e. The number of hydrogen-bond acceptors (Lipinski definition) is 6. The van der Waals surface area contributed by atoms with Crippen molar-refractivity contribution in [1.82, 2.24) is 4.98 Å². The molecule has 0 saturated carbocycles. The highest BCUT2D eigenvalue weighted by Gasteiger charge is 2.26. The normalized spacial score (nSPS) is 14.1. The van der Waals surface area contributed by atoms with Crippen molar-refractivity contribution < 1.29 is 14.3 Å². The number of nitrogens with one attached hydrogen (secondary N) is 1. The van der Waals surface area contributed by atoms with Crippen molar-refractivity contribution >= 4 is 49.9 Å². The van der Waals surface area contributed by atoms with Crippen LogP contribution in [0.15, 0.2) is 47.6 Å². The standard InChI is InChI=1S/C21H20N4O3S/c1-3-28-15-7-8-16-18(12-15)29-21(22-16)23-20(27)17-9-10-19(26)25(24-17)14-6-4-5-13(2)11-14/h4-8,11-12H,3,9-10H2,1-2H3,(H,22,23,27). The second-order valence-electron chi connectivity index (χ2n) is 6.63. The lowest BCUT2D eigenvalue weighted by Gasteiger charge is -2.23. The van der Waals surface area contributed by atoms with Gasteiger partial charge in [0.25, 0.3) is 5.91 Å². The molecule has 1 aliphatic heterocycles. The summed E-state index contributed by atoms with van der Waals surface area (Å²) in [6.45, 7) is 4.46. The summed E-state index contributed by atoms with van der Waals surface area (Å²) in [4.78, 5) is 29.5. The molecule has 0 radical (unpaired) electrons. The van der Waals surface area contributed by atoms with Gasteiger partial charge in [-0.05, 0) is 49.7 Å². The molecule has 1 aromatic heterocycles. The van der Waals surface area contributed by atoms with Crippen LogP contribution in [0.2, 0.25) is 0 Å². The number of nitrogens with zero attached hydrogens (tertiary/aromatic N) is 3. The summed E-state index contributed by atoms with van der Waals surface area (Å²) < 4.78 is 6.43. The number of ether oxygens (including phenoxy) is 1. The van der Waals surface area contributed by atoms with Crippen LogP contribution >= 0.6 is 11.3 Å². The fourth-order valence-corrected chi connectivity index (χ4v) is 3.95. The van der Waals surface area contributed by atoms with Crippen LogP contribution in [0.5, 0.6) is 5.75 Å². The minimum absolute atomic E-state index is 0.129. The van der Waals surface area contributed by atoms with Crippen molar-refractivity contribution in [1.29, 1.82) is 0 Å². The maximum absolute atomic E-state index is 12.7. The predicted molar refractivity (Wildman–Crippen MR) is 115 cm³/mol. The highest BCUT2D eigenvalue weighted by molar-refractivity contribution is 7.22. The van der Waals surface area contributed by atoms with Gasteiger partial charge in [-0.2, -0.15) is 5.10 Å². The van der Waals surface area contributed by atoms with E-state index in [1.807, 2.05) is 50.2 Å². The quantitative estimate of drug-likeness (QED) is 0.688. The van der Waals surface area contributed by atoms with Crippen molar-refractivity contribution in [2.24, 2.45) is 5.10 Å². The Kier molecular flexibility index (Phi) is 5.26. The molecule has 4 rings (SSSR count). The predicted octanol–water partition coefficient (Wildman–Crippen LogP) is 4.12. The lowest BCUT2D eigenvalue weighted by molar-refractivity contribution is -0.118. The average Bonchev–Trinajstić information content (AvgIpc) is 3.10. The van der Waals surface area contributed by atoms with E-state index in [-0.39, 0.29) is 18.2 Å².